The topological polar surface area (TPSA) is 79.4 Å². The van der Waals surface area contributed by atoms with E-state index in [1.165, 1.54) is 12.3 Å². The molecule has 3 rings (SSSR count). The summed E-state index contributed by atoms with van der Waals surface area (Å²) < 4.78 is 0. The van der Waals surface area contributed by atoms with Gasteiger partial charge in [0.2, 0.25) is 5.91 Å². The van der Waals surface area contributed by atoms with Crippen LogP contribution in [0.2, 0.25) is 10.0 Å². The summed E-state index contributed by atoms with van der Waals surface area (Å²) in [5.74, 6) is -1.33. The lowest BCUT2D eigenvalue weighted by atomic mass is 10.2. The minimum absolute atomic E-state index is 0.0436. The van der Waals surface area contributed by atoms with Crippen molar-refractivity contribution < 1.29 is 14.4 Å². The van der Waals surface area contributed by atoms with Crippen molar-refractivity contribution in [2.75, 3.05) is 11.9 Å². The van der Waals surface area contributed by atoms with Crippen LogP contribution < -0.4 is 5.32 Å². The predicted molar refractivity (Wildman–Crippen MR) is 89.3 cm³/mol. The van der Waals surface area contributed by atoms with Crippen molar-refractivity contribution in [3.63, 3.8) is 0 Å². The molecule has 1 N–H and O–H groups in total. The van der Waals surface area contributed by atoms with Crippen molar-refractivity contribution in [3.8, 4) is 0 Å². The molecule has 8 heteroatoms. The van der Waals surface area contributed by atoms with Gasteiger partial charge in [0.15, 0.2) is 0 Å². The highest BCUT2D eigenvalue weighted by Gasteiger charge is 2.36. The summed E-state index contributed by atoms with van der Waals surface area (Å²) in [6.07, 6.45) is 1.38. The highest BCUT2D eigenvalue weighted by Crippen LogP contribution is 2.29. The first-order valence-electron chi connectivity index (χ1n) is 7.04. The van der Waals surface area contributed by atoms with Gasteiger partial charge in [-0.1, -0.05) is 29.3 Å². The zero-order valence-electron chi connectivity index (χ0n) is 12.3. The molecule has 0 atom stereocenters. The highest BCUT2D eigenvalue weighted by molar-refractivity contribution is 6.44. The van der Waals surface area contributed by atoms with Gasteiger partial charge in [-0.15, -0.1) is 0 Å². The molecule has 2 aromatic rings. The third-order valence-electron chi connectivity index (χ3n) is 3.52. The summed E-state index contributed by atoms with van der Waals surface area (Å²) in [6, 6.07) is 7.98. The molecule has 1 aromatic carbocycles. The van der Waals surface area contributed by atoms with Crippen LogP contribution in [0.5, 0.6) is 0 Å². The van der Waals surface area contributed by atoms with Crippen molar-refractivity contribution in [2.45, 2.75) is 6.42 Å². The quantitative estimate of drug-likeness (QED) is 0.846. The smallest absolute Gasteiger partial charge is 0.280 e. The normalized spacial score (nSPS) is 13.2. The van der Waals surface area contributed by atoms with Gasteiger partial charge in [-0.05, 0) is 24.3 Å². The zero-order valence-corrected chi connectivity index (χ0v) is 13.8. The lowest BCUT2D eigenvalue weighted by Gasteiger charge is -2.13. The number of nitrogens with zero attached hydrogens (tertiary/aromatic N) is 2. The maximum absolute atomic E-state index is 12.2. The number of fused-ring (bicyclic) bond motifs is 1. The SMILES string of the molecule is O=C(CCN1C(=O)c2cccnc2C1=O)Nc1cccc(Cl)c1Cl. The van der Waals surface area contributed by atoms with Crippen LogP contribution in [0.1, 0.15) is 27.3 Å². The number of pyridine rings is 1. The summed E-state index contributed by atoms with van der Waals surface area (Å²) in [4.78, 5) is 41.3. The van der Waals surface area contributed by atoms with E-state index in [2.05, 4.69) is 10.3 Å². The molecular formula is C16H11Cl2N3O3. The van der Waals surface area contributed by atoms with Crippen molar-refractivity contribution in [2.24, 2.45) is 0 Å². The van der Waals surface area contributed by atoms with E-state index in [9.17, 15) is 14.4 Å². The molecule has 1 aliphatic heterocycles. The number of benzene rings is 1. The first-order valence-corrected chi connectivity index (χ1v) is 7.79. The van der Waals surface area contributed by atoms with Gasteiger partial charge in [-0.3, -0.25) is 24.3 Å². The van der Waals surface area contributed by atoms with E-state index in [4.69, 9.17) is 23.2 Å². The molecule has 0 spiro atoms. The maximum Gasteiger partial charge on any atom is 0.280 e. The van der Waals surface area contributed by atoms with Gasteiger partial charge in [0, 0.05) is 19.2 Å². The van der Waals surface area contributed by atoms with E-state index in [0.717, 1.165) is 4.90 Å². The second-order valence-corrected chi connectivity index (χ2v) is 5.85. The van der Waals surface area contributed by atoms with E-state index < -0.39 is 11.8 Å². The minimum atomic E-state index is -0.496. The van der Waals surface area contributed by atoms with Crippen LogP contribution in [0.25, 0.3) is 0 Å². The summed E-state index contributed by atoms with van der Waals surface area (Å²) in [7, 11) is 0. The Hall–Kier alpha value is -2.44. The summed E-state index contributed by atoms with van der Waals surface area (Å²) in [5, 5.41) is 3.16. The van der Waals surface area contributed by atoms with Gasteiger partial charge in [0.25, 0.3) is 11.8 Å². The summed E-state index contributed by atoms with van der Waals surface area (Å²) in [5.41, 5.74) is 0.736. The molecule has 0 saturated heterocycles. The fourth-order valence-corrected chi connectivity index (χ4v) is 2.69. The molecule has 0 saturated carbocycles. The Bertz CT molecular complexity index is 819. The van der Waals surface area contributed by atoms with Gasteiger partial charge in [-0.25, -0.2) is 0 Å². The second kappa shape index (κ2) is 6.59. The Labute approximate surface area is 147 Å². The number of hydrogen-bond acceptors (Lipinski definition) is 4. The van der Waals surface area contributed by atoms with Crippen LogP contribution in [-0.2, 0) is 4.79 Å². The predicted octanol–water partition coefficient (Wildman–Crippen LogP) is 3.01. The molecule has 1 aromatic heterocycles. The number of nitrogens with one attached hydrogen (secondary N) is 1. The molecule has 1 aliphatic rings. The Balaban J connectivity index is 1.64. The first-order chi connectivity index (χ1) is 11.5. The monoisotopic (exact) mass is 363 g/mol. The van der Waals surface area contributed by atoms with Gasteiger partial charge in [-0.2, -0.15) is 0 Å². The number of carbonyl (C=O) groups excluding carboxylic acids is 3. The zero-order chi connectivity index (χ0) is 17.3. The van der Waals surface area contributed by atoms with E-state index in [1.807, 2.05) is 0 Å². The van der Waals surface area contributed by atoms with Crippen molar-refractivity contribution in [3.05, 3.63) is 57.8 Å². The van der Waals surface area contributed by atoms with E-state index in [0.29, 0.717) is 10.7 Å². The molecule has 3 amide bonds. The van der Waals surface area contributed by atoms with Gasteiger partial charge in [0.05, 0.1) is 21.3 Å². The number of rotatable bonds is 4. The van der Waals surface area contributed by atoms with E-state index >= 15 is 0 Å². The molecule has 122 valence electrons. The Kier molecular flexibility index (Phi) is 4.51. The summed E-state index contributed by atoms with van der Waals surface area (Å²) >= 11 is 11.9. The molecule has 2 heterocycles. The fraction of sp³-hybridized carbons (Fsp3) is 0.125. The average Bonchev–Trinajstić information content (AvgIpc) is 2.82. The Morgan fingerprint density at radius 2 is 1.92 bits per heavy atom. The largest absolute Gasteiger partial charge is 0.325 e. The van der Waals surface area contributed by atoms with Crippen molar-refractivity contribution >= 4 is 46.6 Å². The van der Waals surface area contributed by atoms with E-state index in [-0.39, 0.29) is 35.2 Å². The van der Waals surface area contributed by atoms with Crippen LogP contribution in [0.3, 0.4) is 0 Å². The number of imide groups is 1. The number of aromatic nitrogens is 1. The number of carbonyl (C=O) groups is 3. The van der Waals surface area contributed by atoms with Gasteiger partial charge in [0.1, 0.15) is 5.69 Å². The fourth-order valence-electron chi connectivity index (χ4n) is 2.34. The summed E-state index contributed by atoms with van der Waals surface area (Å²) in [6.45, 7) is -0.0436. The number of anilines is 1. The maximum atomic E-state index is 12.2. The van der Waals surface area contributed by atoms with Crippen LogP contribution in [0, 0.1) is 0 Å². The molecule has 0 aliphatic carbocycles. The highest BCUT2D eigenvalue weighted by atomic mass is 35.5. The third-order valence-corrected chi connectivity index (χ3v) is 4.34. The third kappa shape index (κ3) is 2.98. The standard InChI is InChI=1S/C16H11Cl2N3O3/c17-10-4-1-5-11(13(10)18)20-12(22)6-8-21-15(23)9-3-2-7-19-14(9)16(21)24/h1-5,7H,6,8H2,(H,20,22). The number of halogens is 2. The second-order valence-electron chi connectivity index (χ2n) is 5.06. The molecular weight excluding hydrogens is 353 g/mol. The van der Waals surface area contributed by atoms with Crippen LogP contribution in [0.4, 0.5) is 5.69 Å². The average molecular weight is 364 g/mol. The van der Waals surface area contributed by atoms with Crippen molar-refractivity contribution in [1.29, 1.82) is 0 Å². The Morgan fingerprint density at radius 3 is 2.67 bits per heavy atom. The lowest BCUT2D eigenvalue weighted by molar-refractivity contribution is -0.116. The molecule has 0 fully saturated rings. The minimum Gasteiger partial charge on any atom is -0.325 e. The van der Waals surface area contributed by atoms with Crippen LogP contribution >= 0.6 is 23.2 Å². The molecule has 6 nitrogen and oxygen atoms in total. The molecule has 0 radical (unpaired) electrons. The molecule has 24 heavy (non-hydrogen) atoms. The molecule has 0 unspecified atom stereocenters. The Morgan fingerprint density at radius 1 is 1.12 bits per heavy atom. The van der Waals surface area contributed by atoms with Gasteiger partial charge < -0.3 is 5.32 Å². The van der Waals surface area contributed by atoms with Crippen LogP contribution in [0.15, 0.2) is 36.5 Å². The molecule has 0 bridgehead atoms. The van der Waals surface area contributed by atoms with Crippen LogP contribution in [-0.4, -0.2) is 34.2 Å². The van der Waals surface area contributed by atoms with Crippen molar-refractivity contribution in [1.82, 2.24) is 9.88 Å². The van der Waals surface area contributed by atoms with E-state index in [1.54, 1.807) is 24.3 Å². The van der Waals surface area contributed by atoms with Gasteiger partial charge >= 0.3 is 0 Å². The first kappa shape index (κ1) is 16.4. The number of hydrogen-bond donors (Lipinski definition) is 1. The number of amides is 3. The lowest BCUT2D eigenvalue weighted by Crippen LogP contribution is -2.33.